The highest BCUT2D eigenvalue weighted by Gasteiger charge is 2.07. The van der Waals surface area contributed by atoms with E-state index in [1.807, 2.05) is 35.0 Å². The van der Waals surface area contributed by atoms with Gasteiger partial charge in [-0.15, -0.1) is 24.8 Å². The lowest BCUT2D eigenvalue weighted by molar-refractivity contribution is -0.115. The summed E-state index contributed by atoms with van der Waals surface area (Å²) in [5.41, 5.74) is 1.64. The maximum Gasteiger partial charge on any atom is 0.238 e. The summed E-state index contributed by atoms with van der Waals surface area (Å²) in [6.45, 7) is 1.48. The number of halogens is 2. The number of hydrogen-bond acceptors (Lipinski definition) is 4. The van der Waals surface area contributed by atoms with Gasteiger partial charge in [-0.1, -0.05) is 12.1 Å². The Morgan fingerprint density at radius 3 is 2.77 bits per heavy atom. The molecule has 8 heteroatoms. The molecule has 0 atom stereocenters. The van der Waals surface area contributed by atoms with Crippen LogP contribution in [0.15, 0.2) is 43.0 Å². The minimum Gasteiger partial charge on any atom is -0.383 e. The first-order valence-electron chi connectivity index (χ1n) is 6.38. The van der Waals surface area contributed by atoms with E-state index in [2.05, 4.69) is 15.6 Å². The van der Waals surface area contributed by atoms with Crippen LogP contribution in [-0.4, -0.2) is 42.3 Å². The number of para-hydroxylation sites is 2. The fourth-order valence-corrected chi connectivity index (χ4v) is 1.78. The molecule has 0 bridgehead atoms. The maximum atomic E-state index is 11.9. The van der Waals surface area contributed by atoms with E-state index < -0.39 is 0 Å². The molecule has 122 valence electrons. The summed E-state index contributed by atoms with van der Waals surface area (Å²) in [7, 11) is 1.63. The molecule has 2 rings (SSSR count). The number of imidazole rings is 1. The van der Waals surface area contributed by atoms with E-state index in [-0.39, 0.29) is 37.3 Å². The lowest BCUT2D eigenvalue weighted by Gasteiger charge is -2.11. The Bertz CT molecular complexity index is 550. The molecule has 2 aromatic rings. The second-order valence-corrected chi connectivity index (χ2v) is 4.20. The predicted molar refractivity (Wildman–Crippen MR) is 91.4 cm³/mol. The molecule has 1 heterocycles. The van der Waals surface area contributed by atoms with E-state index in [9.17, 15) is 4.79 Å². The zero-order valence-electron chi connectivity index (χ0n) is 12.2. The zero-order chi connectivity index (χ0) is 14.2. The third-order valence-electron chi connectivity index (χ3n) is 2.73. The Morgan fingerprint density at radius 2 is 2.09 bits per heavy atom. The first-order valence-corrected chi connectivity index (χ1v) is 6.38. The average Bonchev–Trinajstić information content (AvgIpc) is 2.98. The number of benzene rings is 1. The van der Waals surface area contributed by atoms with Gasteiger partial charge < -0.3 is 19.9 Å². The van der Waals surface area contributed by atoms with Crippen LogP contribution in [0.1, 0.15) is 0 Å². The van der Waals surface area contributed by atoms with Gasteiger partial charge in [-0.25, -0.2) is 4.98 Å². The number of hydrogen-bond donors (Lipinski definition) is 2. The number of rotatable bonds is 7. The second kappa shape index (κ2) is 11.0. The monoisotopic (exact) mass is 346 g/mol. The third-order valence-corrected chi connectivity index (χ3v) is 2.73. The highest BCUT2D eigenvalue weighted by Crippen LogP contribution is 2.19. The van der Waals surface area contributed by atoms with Crippen LogP contribution in [0, 0.1) is 0 Å². The van der Waals surface area contributed by atoms with Crippen molar-refractivity contribution in [3.63, 3.8) is 0 Å². The van der Waals surface area contributed by atoms with Crippen molar-refractivity contribution in [2.75, 3.05) is 32.1 Å². The van der Waals surface area contributed by atoms with E-state index >= 15 is 0 Å². The smallest absolute Gasteiger partial charge is 0.238 e. The van der Waals surface area contributed by atoms with Crippen molar-refractivity contribution in [3.8, 4) is 5.69 Å². The highest BCUT2D eigenvalue weighted by atomic mass is 35.5. The van der Waals surface area contributed by atoms with Gasteiger partial charge in [-0.05, 0) is 12.1 Å². The molecule has 0 fully saturated rings. The third kappa shape index (κ3) is 6.03. The number of carbonyl (C=O) groups is 1. The molecule has 1 amide bonds. The van der Waals surface area contributed by atoms with Gasteiger partial charge in [0.15, 0.2) is 0 Å². The Kier molecular flexibility index (Phi) is 10.2. The molecular formula is C14H20Cl2N4O2. The van der Waals surface area contributed by atoms with Crippen molar-refractivity contribution in [2.45, 2.75) is 0 Å². The molecule has 6 nitrogen and oxygen atoms in total. The van der Waals surface area contributed by atoms with Crippen molar-refractivity contribution in [1.82, 2.24) is 14.9 Å². The molecule has 0 radical (unpaired) electrons. The first kappa shape index (κ1) is 20.4. The maximum absolute atomic E-state index is 11.9. The standard InChI is InChI=1S/C14H18N4O2.2ClH/c1-20-9-7-15-10-14(19)17-12-4-2-3-5-13(12)18-8-6-16-11-18;;/h2-6,8,11,15H,7,9-10H2,1H3,(H,17,19);2*1H. The van der Waals surface area contributed by atoms with Crippen LogP contribution in [0.3, 0.4) is 0 Å². The van der Waals surface area contributed by atoms with Crippen LogP contribution in [0.4, 0.5) is 5.69 Å². The minimum atomic E-state index is -0.0892. The van der Waals surface area contributed by atoms with Gasteiger partial charge in [0.2, 0.25) is 5.91 Å². The molecule has 0 saturated carbocycles. The molecule has 0 saturated heterocycles. The first-order chi connectivity index (χ1) is 9.81. The van der Waals surface area contributed by atoms with Crippen LogP contribution < -0.4 is 10.6 Å². The van der Waals surface area contributed by atoms with Gasteiger partial charge in [0, 0.05) is 26.0 Å². The van der Waals surface area contributed by atoms with Gasteiger partial charge >= 0.3 is 0 Å². The molecule has 0 aliphatic carbocycles. The average molecular weight is 347 g/mol. The lowest BCUT2D eigenvalue weighted by atomic mass is 10.2. The Labute approximate surface area is 142 Å². The molecule has 2 N–H and O–H groups in total. The van der Waals surface area contributed by atoms with E-state index in [1.54, 1.807) is 19.6 Å². The van der Waals surface area contributed by atoms with Crippen LogP contribution in [0.2, 0.25) is 0 Å². The Balaban J connectivity index is 0.00000220. The van der Waals surface area contributed by atoms with E-state index in [1.165, 1.54) is 0 Å². The van der Waals surface area contributed by atoms with Crippen LogP contribution in [-0.2, 0) is 9.53 Å². The SMILES string of the molecule is COCCNCC(=O)Nc1ccccc1-n1ccnc1.Cl.Cl. The number of carbonyl (C=O) groups excluding carboxylic acids is 1. The van der Waals surface area contributed by atoms with Gasteiger partial charge in [-0.3, -0.25) is 4.79 Å². The van der Waals surface area contributed by atoms with Crippen LogP contribution >= 0.6 is 24.8 Å². The van der Waals surface area contributed by atoms with Crippen molar-refractivity contribution >= 4 is 36.4 Å². The number of anilines is 1. The normalized spacial score (nSPS) is 9.50. The molecule has 0 spiro atoms. The molecule has 1 aromatic heterocycles. The number of nitrogens with zero attached hydrogens (tertiary/aromatic N) is 2. The van der Waals surface area contributed by atoms with Gasteiger partial charge in [0.25, 0.3) is 0 Å². The van der Waals surface area contributed by atoms with Crippen molar-refractivity contribution in [2.24, 2.45) is 0 Å². The van der Waals surface area contributed by atoms with Crippen molar-refractivity contribution in [3.05, 3.63) is 43.0 Å². The summed E-state index contributed by atoms with van der Waals surface area (Å²) in [5.74, 6) is -0.0892. The Hall–Kier alpha value is -1.60. The summed E-state index contributed by atoms with van der Waals surface area (Å²) in [5, 5.41) is 5.89. The van der Waals surface area contributed by atoms with Gasteiger partial charge in [0.05, 0.1) is 30.9 Å². The molecule has 0 aliphatic heterocycles. The Morgan fingerprint density at radius 1 is 1.32 bits per heavy atom. The zero-order valence-corrected chi connectivity index (χ0v) is 13.8. The van der Waals surface area contributed by atoms with Crippen LogP contribution in [0.5, 0.6) is 0 Å². The largest absolute Gasteiger partial charge is 0.383 e. The fourth-order valence-electron chi connectivity index (χ4n) is 1.78. The highest BCUT2D eigenvalue weighted by molar-refractivity contribution is 5.94. The number of amides is 1. The summed E-state index contributed by atoms with van der Waals surface area (Å²) < 4.78 is 6.76. The van der Waals surface area contributed by atoms with E-state index in [0.717, 1.165) is 11.4 Å². The van der Waals surface area contributed by atoms with Crippen molar-refractivity contribution in [1.29, 1.82) is 0 Å². The minimum absolute atomic E-state index is 0. The van der Waals surface area contributed by atoms with Crippen LogP contribution in [0.25, 0.3) is 5.69 Å². The molecule has 1 aromatic carbocycles. The van der Waals surface area contributed by atoms with E-state index in [0.29, 0.717) is 13.2 Å². The van der Waals surface area contributed by atoms with E-state index in [4.69, 9.17) is 4.74 Å². The number of nitrogens with one attached hydrogen (secondary N) is 2. The fraction of sp³-hybridized carbons (Fsp3) is 0.286. The topological polar surface area (TPSA) is 68.2 Å². The van der Waals surface area contributed by atoms with Crippen molar-refractivity contribution < 1.29 is 9.53 Å². The molecule has 0 unspecified atom stereocenters. The number of aromatic nitrogens is 2. The van der Waals surface area contributed by atoms with Gasteiger partial charge in [0.1, 0.15) is 0 Å². The molecule has 0 aliphatic rings. The predicted octanol–water partition coefficient (Wildman–Crippen LogP) is 1.89. The summed E-state index contributed by atoms with van der Waals surface area (Å²) >= 11 is 0. The number of ether oxygens (including phenoxy) is 1. The number of methoxy groups -OCH3 is 1. The van der Waals surface area contributed by atoms with Gasteiger partial charge in [-0.2, -0.15) is 0 Å². The summed E-state index contributed by atoms with van der Waals surface area (Å²) in [6.07, 6.45) is 5.23. The lowest BCUT2D eigenvalue weighted by Crippen LogP contribution is -2.30. The quantitative estimate of drug-likeness (QED) is 0.751. The molecular weight excluding hydrogens is 327 g/mol. The second-order valence-electron chi connectivity index (χ2n) is 4.20. The summed E-state index contributed by atoms with van der Waals surface area (Å²) in [6, 6.07) is 7.59. The molecule has 22 heavy (non-hydrogen) atoms. The summed E-state index contributed by atoms with van der Waals surface area (Å²) in [4.78, 5) is 15.9.